The van der Waals surface area contributed by atoms with Crippen molar-refractivity contribution in [3.63, 3.8) is 0 Å². The summed E-state index contributed by atoms with van der Waals surface area (Å²) >= 11 is 1.50. The summed E-state index contributed by atoms with van der Waals surface area (Å²) in [5.41, 5.74) is 3.27. The van der Waals surface area contributed by atoms with Gasteiger partial charge in [-0.25, -0.2) is 14.8 Å². The normalized spacial score (nSPS) is 10.7. The monoisotopic (exact) mass is 461 g/mol. The molecule has 2 aromatic carbocycles. The van der Waals surface area contributed by atoms with E-state index in [4.69, 9.17) is 9.47 Å². The van der Waals surface area contributed by atoms with Crippen LogP contribution in [0, 0.1) is 0 Å². The van der Waals surface area contributed by atoms with Crippen molar-refractivity contribution < 1.29 is 19.1 Å². The van der Waals surface area contributed by atoms with Crippen molar-refractivity contribution in [1.82, 2.24) is 9.97 Å². The largest absolute Gasteiger partial charge is 0.466 e. The molecule has 0 radical (unpaired) electrons. The molecule has 0 unspecified atom stereocenters. The van der Waals surface area contributed by atoms with E-state index < -0.39 is 0 Å². The van der Waals surface area contributed by atoms with Crippen molar-refractivity contribution in [2.75, 3.05) is 18.5 Å². The van der Waals surface area contributed by atoms with Crippen molar-refractivity contribution in [3.05, 3.63) is 71.4 Å². The van der Waals surface area contributed by atoms with Gasteiger partial charge in [0, 0.05) is 16.6 Å². The molecule has 0 bridgehead atoms. The molecule has 7 nitrogen and oxygen atoms in total. The summed E-state index contributed by atoms with van der Waals surface area (Å²) in [6.07, 6.45) is -0.0151. The second-order valence-electron chi connectivity index (χ2n) is 7.09. The number of aromatic nitrogens is 2. The Kier molecular flexibility index (Phi) is 6.95. The van der Waals surface area contributed by atoms with Gasteiger partial charge in [0.15, 0.2) is 0 Å². The van der Waals surface area contributed by atoms with Gasteiger partial charge in [0.25, 0.3) is 0 Å². The summed E-state index contributed by atoms with van der Waals surface area (Å²) in [7, 11) is 0. The van der Waals surface area contributed by atoms with Gasteiger partial charge in [0.2, 0.25) is 0 Å². The Morgan fingerprint density at radius 2 is 1.67 bits per heavy atom. The third-order valence-corrected chi connectivity index (χ3v) is 5.70. The van der Waals surface area contributed by atoms with Crippen LogP contribution in [0.2, 0.25) is 0 Å². The van der Waals surface area contributed by atoms with Gasteiger partial charge in [0.1, 0.15) is 22.9 Å². The Labute approximate surface area is 195 Å². The minimum atomic E-state index is -0.374. The molecule has 33 heavy (non-hydrogen) atoms. The molecule has 2 aromatic heterocycles. The molecule has 2 heterocycles. The van der Waals surface area contributed by atoms with Gasteiger partial charge >= 0.3 is 11.9 Å². The van der Waals surface area contributed by atoms with Crippen molar-refractivity contribution in [2.45, 2.75) is 20.3 Å². The molecule has 0 aliphatic rings. The number of hydrogen-bond donors (Lipinski definition) is 1. The highest BCUT2D eigenvalue weighted by Crippen LogP contribution is 2.38. The molecule has 0 amide bonds. The Bertz CT molecular complexity index is 1270. The predicted molar refractivity (Wildman–Crippen MR) is 129 cm³/mol. The molecule has 0 aliphatic carbocycles. The lowest BCUT2D eigenvalue weighted by Crippen LogP contribution is -2.11. The minimum Gasteiger partial charge on any atom is -0.466 e. The Balaban J connectivity index is 1.74. The lowest BCUT2D eigenvalue weighted by atomic mass is 10.1. The minimum absolute atomic E-state index is 0.0151. The number of benzene rings is 2. The molecule has 0 saturated heterocycles. The predicted octanol–water partition coefficient (Wildman–Crippen LogP) is 5.38. The standard InChI is InChI=1S/C25H23N3O4S/c1-3-31-21(29)14-20-27-23(26-18-12-10-17(11-13-18)25(30)32-4-2)22-19(15-33-24(22)28-20)16-8-6-5-7-9-16/h5-13,15H,3-4,14H2,1-2H3,(H,26,27,28). The maximum atomic E-state index is 12.0. The molecular formula is C25H23N3O4S. The lowest BCUT2D eigenvalue weighted by molar-refractivity contribution is -0.142. The molecule has 0 fully saturated rings. The summed E-state index contributed by atoms with van der Waals surface area (Å²) in [4.78, 5) is 34.0. The number of fused-ring (bicyclic) bond motifs is 1. The third kappa shape index (κ3) is 5.18. The number of carbonyl (C=O) groups excluding carboxylic acids is 2. The van der Waals surface area contributed by atoms with E-state index in [2.05, 4.69) is 15.3 Å². The maximum absolute atomic E-state index is 12.0. The van der Waals surface area contributed by atoms with E-state index in [-0.39, 0.29) is 18.4 Å². The summed E-state index contributed by atoms with van der Waals surface area (Å²) < 4.78 is 10.1. The highest BCUT2D eigenvalue weighted by atomic mass is 32.1. The molecule has 0 saturated carbocycles. The number of carbonyl (C=O) groups is 2. The van der Waals surface area contributed by atoms with Crippen LogP contribution in [0.1, 0.15) is 30.0 Å². The number of rotatable bonds is 8. The van der Waals surface area contributed by atoms with Gasteiger partial charge in [-0.05, 0) is 43.7 Å². The van der Waals surface area contributed by atoms with Crippen molar-refractivity contribution >= 4 is 45.0 Å². The van der Waals surface area contributed by atoms with Gasteiger partial charge in [-0.1, -0.05) is 30.3 Å². The quantitative estimate of drug-likeness (QED) is 0.352. The van der Waals surface area contributed by atoms with Crippen LogP contribution >= 0.6 is 11.3 Å². The van der Waals surface area contributed by atoms with E-state index in [1.165, 1.54) is 11.3 Å². The van der Waals surface area contributed by atoms with Crippen LogP contribution in [0.4, 0.5) is 11.5 Å². The van der Waals surface area contributed by atoms with Crippen LogP contribution in [0.25, 0.3) is 21.3 Å². The third-order valence-electron chi connectivity index (χ3n) is 4.83. The zero-order valence-corrected chi connectivity index (χ0v) is 19.1. The van der Waals surface area contributed by atoms with E-state index in [1.807, 2.05) is 35.7 Å². The second-order valence-corrected chi connectivity index (χ2v) is 7.95. The van der Waals surface area contributed by atoms with Crippen LogP contribution < -0.4 is 5.32 Å². The van der Waals surface area contributed by atoms with Crippen molar-refractivity contribution in [1.29, 1.82) is 0 Å². The van der Waals surface area contributed by atoms with Crippen LogP contribution in [0.5, 0.6) is 0 Å². The summed E-state index contributed by atoms with van der Waals surface area (Å²) in [6.45, 7) is 4.16. The molecular weight excluding hydrogens is 438 g/mol. The fourth-order valence-electron chi connectivity index (χ4n) is 3.37. The first kappa shape index (κ1) is 22.4. The molecule has 168 valence electrons. The van der Waals surface area contributed by atoms with Crippen LogP contribution in [-0.4, -0.2) is 35.1 Å². The average Bonchev–Trinajstić information content (AvgIpc) is 3.25. The number of hydrogen-bond acceptors (Lipinski definition) is 8. The number of nitrogens with zero attached hydrogens (tertiary/aromatic N) is 2. The molecule has 4 rings (SSSR count). The Morgan fingerprint density at radius 3 is 2.36 bits per heavy atom. The van der Waals surface area contributed by atoms with E-state index in [9.17, 15) is 9.59 Å². The maximum Gasteiger partial charge on any atom is 0.338 e. The Morgan fingerprint density at radius 1 is 0.939 bits per heavy atom. The first-order valence-corrected chi connectivity index (χ1v) is 11.5. The topological polar surface area (TPSA) is 90.4 Å². The van der Waals surface area contributed by atoms with Crippen molar-refractivity contribution in [3.8, 4) is 11.1 Å². The zero-order valence-electron chi connectivity index (χ0n) is 18.3. The van der Waals surface area contributed by atoms with E-state index in [1.54, 1.807) is 38.1 Å². The number of nitrogens with one attached hydrogen (secondary N) is 1. The Hall–Kier alpha value is -3.78. The van der Waals surface area contributed by atoms with E-state index >= 15 is 0 Å². The van der Waals surface area contributed by atoms with Crippen LogP contribution in [-0.2, 0) is 20.7 Å². The molecule has 8 heteroatoms. The average molecular weight is 462 g/mol. The molecule has 0 spiro atoms. The van der Waals surface area contributed by atoms with Gasteiger partial charge in [-0.2, -0.15) is 0 Å². The first-order chi connectivity index (χ1) is 16.1. The number of ether oxygens (including phenoxy) is 2. The SMILES string of the molecule is CCOC(=O)Cc1nc(Nc2ccc(C(=O)OCC)cc2)c2c(-c3ccccc3)csc2n1. The van der Waals surface area contributed by atoms with E-state index in [0.29, 0.717) is 30.4 Å². The summed E-state index contributed by atoms with van der Waals surface area (Å²) in [5, 5.41) is 6.25. The molecule has 0 atom stereocenters. The number of thiophene rings is 1. The van der Waals surface area contributed by atoms with Crippen molar-refractivity contribution in [2.24, 2.45) is 0 Å². The van der Waals surface area contributed by atoms with Gasteiger partial charge in [0.05, 0.1) is 24.2 Å². The highest BCUT2D eigenvalue weighted by Gasteiger charge is 2.18. The zero-order chi connectivity index (χ0) is 23.2. The molecule has 1 N–H and O–H groups in total. The highest BCUT2D eigenvalue weighted by molar-refractivity contribution is 7.17. The lowest BCUT2D eigenvalue weighted by Gasteiger charge is -2.11. The smallest absolute Gasteiger partial charge is 0.338 e. The number of esters is 2. The number of anilines is 2. The summed E-state index contributed by atoms with van der Waals surface area (Å²) in [6, 6.07) is 17.0. The van der Waals surface area contributed by atoms with Gasteiger partial charge in [-0.3, -0.25) is 4.79 Å². The van der Waals surface area contributed by atoms with Gasteiger partial charge in [-0.15, -0.1) is 11.3 Å². The van der Waals surface area contributed by atoms with Gasteiger partial charge < -0.3 is 14.8 Å². The molecule has 4 aromatic rings. The van der Waals surface area contributed by atoms with Crippen LogP contribution in [0.3, 0.4) is 0 Å². The fourth-order valence-corrected chi connectivity index (χ4v) is 4.33. The van der Waals surface area contributed by atoms with Crippen LogP contribution in [0.15, 0.2) is 60.0 Å². The first-order valence-electron chi connectivity index (χ1n) is 10.6. The fraction of sp³-hybridized carbons (Fsp3) is 0.200. The summed E-state index contributed by atoms with van der Waals surface area (Å²) in [5.74, 6) is 0.229. The second kappa shape index (κ2) is 10.2. The molecule has 0 aliphatic heterocycles. The van der Waals surface area contributed by atoms with E-state index in [0.717, 1.165) is 27.0 Å².